The van der Waals surface area contributed by atoms with Crippen LogP contribution in [-0.4, -0.2) is 14.7 Å². The Labute approximate surface area is 157 Å². The number of hydrogen-bond donors (Lipinski definition) is 1. The molecule has 2 aromatic carbocycles. The number of benzene rings is 2. The molecule has 0 aliphatic carbocycles. The normalized spacial score (nSPS) is 11.7. The molecule has 27 heavy (non-hydrogen) atoms. The Morgan fingerprint density at radius 2 is 1.74 bits per heavy atom. The number of halogens is 4. The van der Waals surface area contributed by atoms with E-state index in [0.29, 0.717) is 16.6 Å². The minimum Gasteiger partial charge on any atom is -0.390 e. The predicted molar refractivity (Wildman–Crippen MR) is 94.7 cm³/mol. The molecule has 0 radical (unpaired) electrons. The second kappa shape index (κ2) is 8.14. The molecule has 3 nitrogen and oxygen atoms in total. The SMILES string of the molecule is OCc1cnc(SCc2ccc(F)cc2)n1Cc1ccccc1C(F)(F)F. The fraction of sp³-hybridized carbons (Fsp3) is 0.211. The van der Waals surface area contributed by atoms with E-state index < -0.39 is 11.7 Å². The predicted octanol–water partition coefficient (Wildman–Crippen LogP) is 4.87. The topological polar surface area (TPSA) is 38.1 Å². The summed E-state index contributed by atoms with van der Waals surface area (Å²) in [4.78, 5) is 4.22. The first-order valence-corrected chi connectivity index (χ1v) is 9.04. The molecule has 0 saturated carbocycles. The highest BCUT2D eigenvalue weighted by atomic mass is 32.2. The lowest BCUT2D eigenvalue weighted by Crippen LogP contribution is -2.13. The largest absolute Gasteiger partial charge is 0.416 e. The maximum absolute atomic E-state index is 13.3. The molecule has 1 heterocycles. The summed E-state index contributed by atoms with van der Waals surface area (Å²) in [5.41, 5.74) is 0.671. The Hall–Kier alpha value is -2.32. The van der Waals surface area contributed by atoms with Gasteiger partial charge in [-0.25, -0.2) is 9.37 Å². The number of imidazole rings is 1. The average molecular weight is 396 g/mol. The summed E-state index contributed by atoms with van der Waals surface area (Å²) in [6.07, 6.45) is -3.01. The molecule has 0 aliphatic rings. The highest BCUT2D eigenvalue weighted by Crippen LogP contribution is 2.33. The van der Waals surface area contributed by atoms with E-state index >= 15 is 0 Å². The molecule has 0 bridgehead atoms. The fourth-order valence-corrected chi connectivity index (χ4v) is 3.59. The summed E-state index contributed by atoms with van der Waals surface area (Å²) < 4.78 is 54.3. The first-order chi connectivity index (χ1) is 12.9. The second-order valence-electron chi connectivity index (χ2n) is 5.85. The average Bonchev–Trinajstić information content (AvgIpc) is 3.02. The lowest BCUT2D eigenvalue weighted by atomic mass is 10.1. The Bertz CT molecular complexity index is 907. The van der Waals surface area contributed by atoms with Crippen LogP contribution in [-0.2, 0) is 25.1 Å². The number of nitrogens with zero attached hydrogens (tertiary/aromatic N) is 2. The third-order valence-electron chi connectivity index (χ3n) is 4.00. The van der Waals surface area contributed by atoms with Crippen LogP contribution in [0.15, 0.2) is 59.9 Å². The van der Waals surface area contributed by atoms with Crippen molar-refractivity contribution in [3.63, 3.8) is 0 Å². The molecule has 3 rings (SSSR count). The van der Waals surface area contributed by atoms with Crippen molar-refractivity contribution in [3.8, 4) is 0 Å². The lowest BCUT2D eigenvalue weighted by molar-refractivity contribution is -0.138. The number of aliphatic hydroxyl groups excluding tert-OH is 1. The number of hydrogen-bond acceptors (Lipinski definition) is 3. The number of alkyl halides is 3. The van der Waals surface area contributed by atoms with Gasteiger partial charge in [0.1, 0.15) is 5.82 Å². The van der Waals surface area contributed by atoms with E-state index in [4.69, 9.17) is 0 Å². The van der Waals surface area contributed by atoms with Gasteiger partial charge in [0.25, 0.3) is 0 Å². The lowest BCUT2D eigenvalue weighted by Gasteiger charge is -2.16. The molecular formula is C19H16F4N2OS. The van der Waals surface area contributed by atoms with Crippen LogP contribution in [0.3, 0.4) is 0 Å². The van der Waals surface area contributed by atoms with Crippen LogP contribution in [0.1, 0.15) is 22.4 Å². The number of thioether (sulfide) groups is 1. The molecule has 8 heteroatoms. The Morgan fingerprint density at radius 1 is 1.04 bits per heavy atom. The van der Waals surface area contributed by atoms with Crippen LogP contribution in [0.5, 0.6) is 0 Å². The number of aliphatic hydroxyl groups is 1. The van der Waals surface area contributed by atoms with Crippen LogP contribution >= 0.6 is 11.8 Å². The molecule has 0 unspecified atom stereocenters. The molecule has 1 aromatic heterocycles. The van der Waals surface area contributed by atoms with Gasteiger partial charge in [0.2, 0.25) is 0 Å². The molecule has 1 N–H and O–H groups in total. The van der Waals surface area contributed by atoms with E-state index in [0.717, 1.165) is 11.6 Å². The Balaban J connectivity index is 1.85. The van der Waals surface area contributed by atoms with Gasteiger partial charge in [-0.1, -0.05) is 42.1 Å². The minimum absolute atomic E-state index is 0.0582. The zero-order valence-electron chi connectivity index (χ0n) is 14.1. The van der Waals surface area contributed by atoms with Crippen molar-refractivity contribution >= 4 is 11.8 Å². The van der Waals surface area contributed by atoms with Crippen LogP contribution in [0, 0.1) is 5.82 Å². The van der Waals surface area contributed by atoms with Crippen molar-refractivity contribution in [3.05, 3.63) is 82.9 Å². The van der Waals surface area contributed by atoms with E-state index in [1.54, 1.807) is 22.8 Å². The Morgan fingerprint density at radius 3 is 2.41 bits per heavy atom. The van der Waals surface area contributed by atoms with Gasteiger partial charge < -0.3 is 9.67 Å². The van der Waals surface area contributed by atoms with Gasteiger partial charge in [0, 0.05) is 5.75 Å². The van der Waals surface area contributed by atoms with Gasteiger partial charge in [0.05, 0.1) is 30.6 Å². The standard InChI is InChI=1S/C19H16F4N2OS/c20-15-7-5-13(6-8-15)12-27-18-24-9-16(11-26)25(18)10-14-3-1-2-4-17(14)19(21,22)23/h1-9,26H,10-12H2. The van der Waals surface area contributed by atoms with Gasteiger partial charge >= 0.3 is 6.18 Å². The van der Waals surface area contributed by atoms with Gasteiger partial charge in [-0.05, 0) is 29.3 Å². The highest BCUT2D eigenvalue weighted by Gasteiger charge is 2.33. The first kappa shape index (κ1) is 19.4. The van der Waals surface area contributed by atoms with Gasteiger partial charge in [-0.3, -0.25) is 0 Å². The number of rotatable bonds is 6. The quantitative estimate of drug-likeness (QED) is 0.477. The van der Waals surface area contributed by atoms with E-state index in [1.165, 1.54) is 42.2 Å². The van der Waals surface area contributed by atoms with Gasteiger partial charge in [-0.15, -0.1) is 0 Å². The molecule has 0 aliphatic heterocycles. The molecule has 3 aromatic rings. The van der Waals surface area contributed by atoms with Gasteiger partial charge in [-0.2, -0.15) is 13.2 Å². The van der Waals surface area contributed by atoms with E-state index in [2.05, 4.69) is 4.98 Å². The summed E-state index contributed by atoms with van der Waals surface area (Å²) in [6.45, 7) is -0.393. The van der Waals surface area contributed by atoms with E-state index in [1.807, 2.05) is 0 Å². The monoisotopic (exact) mass is 396 g/mol. The zero-order valence-corrected chi connectivity index (χ0v) is 14.9. The molecule has 0 spiro atoms. The van der Waals surface area contributed by atoms with Crippen molar-refractivity contribution in [1.82, 2.24) is 9.55 Å². The number of aromatic nitrogens is 2. The van der Waals surface area contributed by atoms with Gasteiger partial charge in [0.15, 0.2) is 5.16 Å². The first-order valence-electron chi connectivity index (χ1n) is 8.06. The molecular weight excluding hydrogens is 380 g/mol. The van der Waals surface area contributed by atoms with Crippen LogP contribution in [0.4, 0.5) is 17.6 Å². The third kappa shape index (κ3) is 4.70. The summed E-state index contributed by atoms with van der Waals surface area (Å²) >= 11 is 1.31. The summed E-state index contributed by atoms with van der Waals surface area (Å²) in [6, 6.07) is 11.3. The highest BCUT2D eigenvalue weighted by molar-refractivity contribution is 7.98. The summed E-state index contributed by atoms with van der Waals surface area (Å²) in [5, 5.41) is 10.0. The fourth-order valence-electron chi connectivity index (χ4n) is 2.64. The molecule has 0 amide bonds. The van der Waals surface area contributed by atoms with E-state index in [9.17, 15) is 22.7 Å². The molecule has 142 valence electrons. The van der Waals surface area contributed by atoms with Crippen molar-refractivity contribution in [1.29, 1.82) is 0 Å². The Kier molecular flexibility index (Phi) is 5.86. The van der Waals surface area contributed by atoms with Crippen LogP contribution in [0.25, 0.3) is 0 Å². The van der Waals surface area contributed by atoms with Crippen molar-refractivity contribution < 1.29 is 22.7 Å². The van der Waals surface area contributed by atoms with Crippen LogP contribution in [0.2, 0.25) is 0 Å². The van der Waals surface area contributed by atoms with Crippen molar-refractivity contribution in [2.45, 2.75) is 30.2 Å². The maximum atomic E-state index is 13.3. The zero-order chi connectivity index (χ0) is 19.4. The smallest absolute Gasteiger partial charge is 0.390 e. The molecule has 0 atom stereocenters. The molecule has 0 saturated heterocycles. The second-order valence-corrected chi connectivity index (χ2v) is 6.79. The van der Waals surface area contributed by atoms with E-state index in [-0.39, 0.29) is 24.5 Å². The third-order valence-corrected chi connectivity index (χ3v) is 5.06. The van der Waals surface area contributed by atoms with Crippen molar-refractivity contribution in [2.24, 2.45) is 0 Å². The van der Waals surface area contributed by atoms with Crippen molar-refractivity contribution in [2.75, 3.05) is 0 Å². The molecule has 0 fully saturated rings. The maximum Gasteiger partial charge on any atom is 0.416 e. The minimum atomic E-state index is -4.46. The summed E-state index contributed by atoms with van der Waals surface area (Å²) in [7, 11) is 0. The summed E-state index contributed by atoms with van der Waals surface area (Å²) in [5.74, 6) is 0.139. The van der Waals surface area contributed by atoms with Crippen LogP contribution < -0.4 is 0 Å².